The van der Waals surface area contributed by atoms with Crippen LogP contribution in [0.3, 0.4) is 0 Å². The molecule has 0 fully saturated rings. The van der Waals surface area contributed by atoms with E-state index in [0.717, 1.165) is 36.5 Å². The highest BCUT2D eigenvalue weighted by atomic mass is 16.5. The topological polar surface area (TPSA) is 48.1 Å². The van der Waals surface area contributed by atoms with Crippen LogP contribution in [-0.2, 0) is 0 Å². The van der Waals surface area contributed by atoms with Crippen molar-refractivity contribution in [3.63, 3.8) is 0 Å². The highest BCUT2D eigenvalue weighted by Gasteiger charge is 2.17. The summed E-state index contributed by atoms with van der Waals surface area (Å²) in [5.41, 5.74) is 8.49. The van der Waals surface area contributed by atoms with Crippen molar-refractivity contribution < 1.29 is 4.74 Å². The highest BCUT2D eigenvalue weighted by Crippen LogP contribution is 2.28. The maximum atomic E-state index is 6.36. The highest BCUT2D eigenvalue weighted by molar-refractivity contribution is 5.31. The fourth-order valence-corrected chi connectivity index (χ4v) is 2.24. The van der Waals surface area contributed by atoms with Gasteiger partial charge in [0.25, 0.3) is 0 Å². The van der Waals surface area contributed by atoms with Gasteiger partial charge in [0.15, 0.2) is 0 Å². The summed E-state index contributed by atoms with van der Waals surface area (Å²) in [6.07, 6.45) is 4.03. The first kappa shape index (κ1) is 15.5. The number of ether oxygens (including phenoxy) is 1. The van der Waals surface area contributed by atoms with E-state index in [1.54, 1.807) is 0 Å². The quantitative estimate of drug-likeness (QED) is 0.780. The molecule has 0 bridgehead atoms. The fraction of sp³-hybridized carbons (Fsp3) is 0.389. The molecule has 1 aromatic heterocycles. The van der Waals surface area contributed by atoms with Crippen LogP contribution in [0, 0.1) is 0 Å². The van der Waals surface area contributed by atoms with Crippen LogP contribution in [0.15, 0.2) is 48.7 Å². The van der Waals surface area contributed by atoms with E-state index in [0.29, 0.717) is 0 Å². The lowest BCUT2D eigenvalue weighted by molar-refractivity contribution is 0.309. The monoisotopic (exact) mass is 284 g/mol. The molecule has 1 heterocycles. The lowest BCUT2D eigenvalue weighted by atomic mass is 9.92. The Bertz CT molecular complexity index is 525. The summed E-state index contributed by atoms with van der Waals surface area (Å²) < 4.78 is 5.67. The molecular formula is C18H24N2O. The lowest BCUT2D eigenvalue weighted by Gasteiger charge is -2.20. The van der Waals surface area contributed by atoms with Gasteiger partial charge < -0.3 is 10.5 Å². The zero-order chi connectivity index (χ0) is 15.1. The minimum absolute atomic E-state index is 0.0652. The van der Waals surface area contributed by atoms with Gasteiger partial charge in [-0.05, 0) is 36.2 Å². The maximum Gasteiger partial charge on any atom is 0.119 e. The number of unbranched alkanes of at least 4 members (excludes halogenated alkanes) is 1. The summed E-state index contributed by atoms with van der Waals surface area (Å²) >= 11 is 0. The standard InChI is InChI=1S/C18H24N2O/c1-3-4-13-21-16-10-8-15(9-11-16)18(19)14(2)17-7-5-6-12-20-17/h5-12,14,18H,3-4,13,19H2,1-2H3. The number of benzene rings is 1. The smallest absolute Gasteiger partial charge is 0.119 e. The Morgan fingerprint density at radius 2 is 1.90 bits per heavy atom. The fourth-order valence-electron chi connectivity index (χ4n) is 2.24. The molecule has 2 rings (SSSR count). The summed E-state index contributed by atoms with van der Waals surface area (Å²) in [6.45, 7) is 5.04. The van der Waals surface area contributed by atoms with Crippen LogP contribution in [0.4, 0.5) is 0 Å². The molecule has 0 spiro atoms. The van der Waals surface area contributed by atoms with Crippen LogP contribution in [-0.4, -0.2) is 11.6 Å². The zero-order valence-corrected chi connectivity index (χ0v) is 12.8. The summed E-state index contributed by atoms with van der Waals surface area (Å²) in [4.78, 5) is 4.39. The Morgan fingerprint density at radius 3 is 2.52 bits per heavy atom. The number of rotatable bonds is 7. The van der Waals surface area contributed by atoms with E-state index in [4.69, 9.17) is 10.5 Å². The van der Waals surface area contributed by atoms with Gasteiger partial charge in [0.05, 0.1) is 6.61 Å². The molecule has 21 heavy (non-hydrogen) atoms. The molecule has 2 aromatic rings. The normalized spacial score (nSPS) is 13.7. The minimum atomic E-state index is -0.0652. The first-order valence-corrected chi connectivity index (χ1v) is 7.61. The Balaban J connectivity index is 2.01. The van der Waals surface area contributed by atoms with E-state index in [-0.39, 0.29) is 12.0 Å². The van der Waals surface area contributed by atoms with Gasteiger partial charge in [-0.3, -0.25) is 4.98 Å². The van der Waals surface area contributed by atoms with Gasteiger partial charge in [-0.25, -0.2) is 0 Å². The largest absolute Gasteiger partial charge is 0.494 e. The van der Waals surface area contributed by atoms with E-state index in [9.17, 15) is 0 Å². The molecule has 3 nitrogen and oxygen atoms in total. The van der Waals surface area contributed by atoms with Crippen LogP contribution in [0.25, 0.3) is 0 Å². The van der Waals surface area contributed by atoms with Crippen molar-refractivity contribution in [2.75, 3.05) is 6.61 Å². The maximum absolute atomic E-state index is 6.36. The number of nitrogens with two attached hydrogens (primary N) is 1. The van der Waals surface area contributed by atoms with Gasteiger partial charge in [-0.15, -0.1) is 0 Å². The van der Waals surface area contributed by atoms with Crippen molar-refractivity contribution in [2.24, 2.45) is 5.73 Å². The summed E-state index contributed by atoms with van der Waals surface area (Å²) in [5.74, 6) is 1.09. The van der Waals surface area contributed by atoms with Crippen molar-refractivity contribution in [2.45, 2.75) is 38.6 Å². The third kappa shape index (κ3) is 4.30. The molecule has 0 saturated carbocycles. The molecule has 0 aliphatic heterocycles. The molecule has 1 aromatic carbocycles. The Kier molecular flexibility index (Phi) is 5.76. The van der Waals surface area contributed by atoms with Crippen molar-refractivity contribution in [3.05, 3.63) is 59.9 Å². The van der Waals surface area contributed by atoms with Gasteiger partial charge in [0.1, 0.15) is 5.75 Å². The number of aromatic nitrogens is 1. The van der Waals surface area contributed by atoms with Crippen molar-refractivity contribution in [1.82, 2.24) is 4.98 Å². The summed E-state index contributed by atoms with van der Waals surface area (Å²) in [7, 11) is 0. The second-order valence-corrected chi connectivity index (χ2v) is 5.34. The molecule has 0 saturated heterocycles. The van der Waals surface area contributed by atoms with E-state index in [1.807, 2.05) is 48.7 Å². The van der Waals surface area contributed by atoms with Crippen LogP contribution < -0.4 is 10.5 Å². The minimum Gasteiger partial charge on any atom is -0.494 e. The van der Waals surface area contributed by atoms with Crippen molar-refractivity contribution in [3.8, 4) is 5.75 Å². The molecule has 112 valence electrons. The Morgan fingerprint density at radius 1 is 1.14 bits per heavy atom. The van der Waals surface area contributed by atoms with Gasteiger partial charge in [0.2, 0.25) is 0 Å². The third-order valence-corrected chi connectivity index (χ3v) is 3.72. The predicted octanol–water partition coefficient (Wildman–Crippen LogP) is 4.06. The summed E-state index contributed by atoms with van der Waals surface area (Å²) in [5, 5.41) is 0. The molecule has 0 aliphatic rings. The molecule has 2 atom stereocenters. The molecule has 0 radical (unpaired) electrons. The summed E-state index contributed by atoms with van der Waals surface area (Å²) in [6, 6.07) is 14.0. The lowest BCUT2D eigenvalue weighted by Crippen LogP contribution is -2.18. The van der Waals surface area contributed by atoms with Gasteiger partial charge in [0, 0.05) is 23.9 Å². The van der Waals surface area contributed by atoms with Crippen LogP contribution in [0.5, 0.6) is 5.75 Å². The molecule has 3 heteroatoms. The number of hydrogen-bond acceptors (Lipinski definition) is 3. The van der Waals surface area contributed by atoms with E-state index in [2.05, 4.69) is 18.8 Å². The predicted molar refractivity (Wildman–Crippen MR) is 86.4 cm³/mol. The van der Waals surface area contributed by atoms with Crippen LogP contribution in [0.1, 0.15) is 49.9 Å². The molecule has 2 N–H and O–H groups in total. The number of nitrogens with zero attached hydrogens (tertiary/aromatic N) is 1. The van der Waals surface area contributed by atoms with Crippen molar-refractivity contribution in [1.29, 1.82) is 0 Å². The van der Waals surface area contributed by atoms with Crippen LogP contribution in [0.2, 0.25) is 0 Å². The number of hydrogen-bond donors (Lipinski definition) is 1. The zero-order valence-electron chi connectivity index (χ0n) is 12.8. The Labute approximate surface area is 127 Å². The SMILES string of the molecule is CCCCOc1ccc(C(N)C(C)c2ccccn2)cc1. The first-order chi connectivity index (χ1) is 10.2. The molecular weight excluding hydrogens is 260 g/mol. The van der Waals surface area contributed by atoms with Crippen molar-refractivity contribution >= 4 is 0 Å². The van der Waals surface area contributed by atoms with E-state index in [1.165, 1.54) is 0 Å². The second kappa shape index (κ2) is 7.79. The average molecular weight is 284 g/mol. The second-order valence-electron chi connectivity index (χ2n) is 5.34. The van der Waals surface area contributed by atoms with E-state index < -0.39 is 0 Å². The Hall–Kier alpha value is -1.87. The van der Waals surface area contributed by atoms with E-state index >= 15 is 0 Å². The van der Waals surface area contributed by atoms with Gasteiger partial charge >= 0.3 is 0 Å². The first-order valence-electron chi connectivity index (χ1n) is 7.61. The molecule has 0 aliphatic carbocycles. The van der Waals surface area contributed by atoms with Gasteiger partial charge in [-0.2, -0.15) is 0 Å². The van der Waals surface area contributed by atoms with Crippen LogP contribution >= 0.6 is 0 Å². The number of pyridine rings is 1. The van der Waals surface area contributed by atoms with Gasteiger partial charge in [-0.1, -0.05) is 38.5 Å². The third-order valence-electron chi connectivity index (χ3n) is 3.72. The molecule has 2 unspecified atom stereocenters. The average Bonchev–Trinajstić information content (AvgIpc) is 2.55. The molecule has 0 amide bonds.